The number of nitrogen functional groups attached to an aromatic ring is 1. The van der Waals surface area contributed by atoms with Gasteiger partial charge in [-0.2, -0.15) is 0 Å². The summed E-state index contributed by atoms with van der Waals surface area (Å²) in [7, 11) is 0. The number of unbranched alkanes of at least 4 members (excludes halogenated alkanes) is 2. The summed E-state index contributed by atoms with van der Waals surface area (Å²) in [4.78, 5) is 0. The molecule has 0 unspecified atom stereocenters. The third-order valence-corrected chi connectivity index (χ3v) is 2.22. The number of rotatable bonds is 5. The normalized spacial score (nSPS) is 10.1. The lowest BCUT2D eigenvalue weighted by atomic mass is 10.2. The standard InChI is InChI=1S/C12H19NO/c1-3-4-5-8-14-12-9-11(13)7-6-10(12)2/h6-7,9H,3-5,8,13H2,1-2H3. The summed E-state index contributed by atoms with van der Waals surface area (Å²) in [6, 6.07) is 5.78. The Balaban J connectivity index is 2.45. The summed E-state index contributed by atoms with van der Waals surface area (Å²) >= 11 is 0. The maximum Gasteiger partial charge on any atom is 0.124 e. The quantitative estimate of drug-likeness (QED) is 0.576. The first-order valence-corrected chi connectivity index (χ1v) is 5.23. The SMILES string of the molecule is CCCCCOc1cc(N)ccc1C. The Bertz CT molecular complexity index is 284. The maximum absolute atomic E-state index is 5.68. The van der Waals surface area contributed by atoms with Crippen LogP contribution in [0, 0.1) is 6.92 Å². The van der Waals surface area contributed by atoms with Gasteiger partial charge in [-0.15, -0.1) is 0 Å². The summed E-state index contributed by atoms with van der Waals surface area (Å²) in [6.07, 6.45) is 3.56. The number of aryl methyl sites for hydroxylation is 1. The molecule has 0 bridgehead atoms. The Kier molecular flexibility index (Phi) is 4.30. The predicted octanol–water partition coefficient (Wildman–Crippen LogP) is 3.15. The molecule has 0 saturated carbocycles. The van der Waals surface area contributed by atoms with Gasteiger partial charge in [0.2, 0.25) is 0 Å². The summed E-state index contributed by atoms with van der Waals surface area (Å²) in [5.41, 5.74) is 7.59. The van der Waals surface area contributed by atoms with Gasteiger partial charge in [-0.1, -0.05) is 25.8 Å². The molecule has 14 heavy (non-hydrogen) atoms. The van der Waals surface area contributed by atoms with Crippen LogP contribution in [0.2, 0.25) is 0 Å². The highest BCUT2D eigenvalue weighted by Crippen LogP contribution is 2.20. The minimum Gasteiger partial charge on any atom is -0.493 e. The van der Waals surface area contributed by atoms with E-state index in [1.807, 2.05) is 25.1 Å². The summed E-state index contributed by atoms with van der Waals surface area (Å²) in [5, 5.41) is 0. The van der Waals surface area contributed by atoms with Crippen molar-refractivity contribution in [3.8, 4) is 5.75 Å². The van der Waals surface area contributed by atoms with Crippen molar-refractivity contribution in [2.75, 3.05) is 12.3 Å². The van der Waals surface area contributed by atoms with E-state index in [-0.39, 0.29) is 0 Å². The second kappa shape index (κ2) is 5.53. The van der Waals surface area contributed by atoms with Gasteiger partial charge in [0.25, 0.3) is 0 Å². The Morgan fingerprint density at radius 3 is 2.79 bits per heavy atom. The molecule has 2 N–H and O–H groups in total. The number of hydrogen-bond acceptors (Lipinski definition) is 2. The van der Waals surface area contributed by atoms with E-state index in [9.17, 15) is 0 Å². The van der Waals surface area contributed by atoms with E-state index in [0.29, 0.717) is 0 Å². The largest absolute Gasteiger partial charge is 0.493 e. The van der Waals surface area contributed by atoms with Gasteiger partial charge in [-0.3, -0.25) is 0 Å². The molecule has 0 saturated heterocycles. The molecule has 78 valence electrons. The third-order valence-electron chi connectivity index (χ3n) is 2.22. The van der Waals surface area contributed by atoms with Gasteiger partial charge < -0.3 is 10.5 Å². The van der Waals surface area contributed by atoms with E-state index in [4.69, 9.17) is 10.5 Å². The van der Waals surface area contributed by atoms with Crippen molar-refractivity contribution in [3.63, 3.8) is 0 Å². The van der Waals surface area contributed by atoms with Crippen molar-refractivity contribution in [1.82, 2.24) is 0 Å². The van der Waals surface area contributed by atoms with Crippen LogP contribution in [0.15, 0.2) is 18.2 Å². The number of nitrogens with two attached hydrogens (primary N) is 1. The molecule has 0 amide bonds. The molecular formula is C12H19NO. The van der Waals surface area contributed by atoms with E-state index in [0.717, 1.165) is 30.0 Å². The molecule has 0 atom stereocenters. The second-order valence-corrected chi connectivity index (χ2v) is 3.58. The fourth-order valence-corrected chi connectivity index (χ4v) is 1.31. The van der Waals surface area contributed by atoms with E-state index < -0.39 is 0 Å². The Labute approximate surface area is 86.1 Å². The van der Waals surface area contributed by atoms with E-state index in [1.54, 1.807) is 0 Å². The van der Waals surface area contributed by atoms with Crippen molar-refractivity contribution in [2.45, 2.75) is 33.1 Å². The fraction of sp³-hybridized carbons (Fsp3) is 0.500. The number of ether oxygens (including phenoxy) is 1. The van der Waals surface area contributed by atoms with Crippen LogP contribution >= 0.6 is 0 Å². The van der Waals surface area contributed by atoms with E-state index >= 15 is 0 Å². The molecular weight excluding hydrogens is 174 g/mol. The highest BCUT2D eigenvalue weighted by atomic mass is 16.5. The minimum atomic E-state index is 0.765. The number of hydrogen-bond donors (Lipinski definition) is 1. The highest BCUT2D eigenvalue weighted by molar-refractivity contribution is 5.47. The van der Waals surface area contributed by atoms with Crippen molar-refractivity contribution in [1.29, 1.82) is 0 Å². The monoisotopic (exact) mass is 193 g/mol. The Hall–Kier alpha value is -1.18. The van der Waals surface area contributed by atoms with E-state index in [2.05, 4.69) is 6.92 Å². The van der Waals surface area contributed by atoms with Gasteiger partial charge in [0.15, 0.2) is 0 Å². The van der Waals surface area contributed by atoms with Crippen molar-refractivity contribution < 1.29 is 4.74 Å². The molecule has 1 aromatic rings. The molecule has 0 radical (unpaired) electrons. The van der Waals surface area contributed by atoms with Crippen molar-refractivity contribution in [2.24, 2.45) is 0 Å². The summed E-state index contributed by atoms with van der Waals surface area (Å²) in [6.45, 7) is 5.01. The lowest BCUT2D eigenvalue weighted by Gasteiger charge is -2.09. The van der Waals surface area contributed by atoms with Crippen LogP contribution in [0.25, 0.3) is 0 Å². The van der Waals surface area contributed by atoms with Gasteiger partial charge in [0.05, 0.1) is 6.61 Å². The van der Waals surface area contributed by atoms with Crippen LogP contribution in [0.1, 0.15) is 31.7 Å². The molecule has 2 heteroatoms. The van der Waals surface area contributed by atoms with Crippen molar-refractivity contribution >= 4 is 5.69 Å². The number of anilines is 1. The molecule has 0 aliphatic rings. The second-order valence-electron chi connectivity index (χ2n) is 3.58. The van der Waals surface area contributed by atoms with Crippen LogP contribution in [-0.4, -0.2) is 6.61 Å². The minimum absolute atomic E-state index is 0.765. The van der Waals surface area contributed by atoms with Crippen LogP contribution in [0.5, 0.6) is 5.75 Å². The summed E-state index contributed by atoms with van der Waals surface area (Å²) < 4.78 is 5.64. The average molecular weight is 193 g/mol. The lowest BCUT2D eigenvalue weighted by Crippen LogP contribution is -1.99. The first-order valence-electron chi connectivity index (χ1n) is 5.23. The van der Waals surface area contributed by atoms with Crippen LogP contribution in [0.4, 0.5) is 5.69 Å². The zero-order chi connectivity index (χ0) is 10.4. The Morgan fingerprint density at radius 1 is 1.29 bits per heavy atom. The van der Waals surface area contributed by atoms with Gasteiger partial charge >= 0.3 is 0 Å². The zero-order valence-electron chi connectivity index (χ0n) is 9.05. The number of benzene rings is 1. The summed E-state index contributed by atoms with van der Waals surface area (Å²) in [5.74, 6) is 0.918. The first-order chi connectivity index (χ1) is 6.74. The fourth-order valence-electron chi connectivity index (χ4n) is 1.31. The molecule has 0 spiro atoms. The molecule has 0 aliphatic heterocycles. The topological polar surface area (TPSA) is 35.2 Å². The lowest BCUT2D eigenvalue weighted by molar-refractivity contribution is 0.304. The predicted molar refractivity (Wildman–Crippen MR) is 60.6 cm³/mol. The van der Waals surface area contributed by atoms with Gasteiger partial charge in [-0.05, 0) is 25.0 Å². The van der Waals surface area contributed by atoms with Gasteiger partial charge in [0, 0.05) is 11.8 Å². The molecule has 2 nitrogen and oxygen atoms in total. The highest BCUT2D eigenvalue weighted by Gasteiger charge is 1.99. The maximum atomic E-state index is 5.68. The van der Waals surface area contributed by atoms with Gasteiger partial charge in [-0.25, -0.2) is 0 Å². The van der Waals surface area contributed by atoms with Gasteiger partial charge in [0.1, 0.15) is 5.75 Å². The molecule has 1 aromatic carbocycles. The Morgan fingerprint density at radius 2 is 2.07 bits per heavy atom. The zero-order valence-corrected chi connectivity index (χ0v) is 9.05. The van der Waals surface area contributed by atoms with Crippen LogP contribution < -0.4 is 10.5 Å². The van der Waals surface area contributed by atoms with E-state index in [1.165, 1.54) is 12.8 Å². The molecule has 1 rings (SSSR count). The van der Waals surface area contributed by atoms with Crippen molar-refractivity contribution in [3.05, 3.63) is 23.8 Å². The van der Waals surface area contributed by atoms with Crippen LogP contribution in [-0.2, 0) is 0 Å². The third kappa shape index (κ3) is 3.29. The molecule has 0 fully saturated rings. The first kappa shape index (κ1) is 10.9. The molecule has 0 aliphatic carbocycles. The average Bonchev–Trinajstić information content (AvgIpc) is 2.18. The molecule has 0 heterocycles. The van der Waals surface area contributed by atoms with Crippen LogP contribution in [0.3, 0.4) is 0 Å². The smallest absolute Gasteiger partial charge is 0.124 e. The molecule has 0 aromatic heterocycles.